The quantitative estimate of drug-likeness (QED) is 0.719. The van der Waals surface area contributed by atoms with Gasteiger partial charge in [-0.25, -0.2) is 4.39 Å². The van der Waals surface area contributed by atoms with E-state index in [1.54, 1.807) is 6.92 Å². The molecule has 2 rings (SSSR count). The molecule has 2 aromatic rings. The van der Waals surface area contributed by atoms with Crippen LogP contribution < -0.4 is 5.32 Å². The molecule has 1 unspecified atom stereocenters. The molecule has 0 bridgehead atoms. The molecular weight excluding hydrogens is 306 g/mol. The molecule has 0 aliphatic carbocycles. The molecule has 1 N–H and O–H groups in total. The van der Waals surface area contributed by atoms with E-state index in [1.165, 1.54) is 30.3 Å². The maximum Gasteiger partial charge on any atom is 0.416 e. The van der Waals surface area contributed by atoms with Gasteiger partial charge in [-0.1, -0.05) is 23.7 Å². The molecule has 0 spiro atoms. The summed E-state index contributed by atoms with van der Waals surface area (Å²) in [5.41, 5.74) is 0.193. The van der Waals surface area contributed by atoms with Crippen molar-refractivity contribution in [2.24, 2.45) is 0 Å². The largest absolute Gasteiger partial charge is 0.416 e. The Morgan fingerprint density at radius 2 is 1.81 bits per heavy atom. The highest BCUT2D eigenvalue weighted by Gasteiger charge is 2.30. The normalized spacial score (nSPS) is 13.0. The van der Waals surface area contributed by atoms with Crippen LogP contribution in [-0.2, 0) is 6.18 Å². The Balaban J connectivity index is 2.21. The molecule has 2 aromatic carbocycles. The predicted octanol–water partition coefficient (Wildman–Crippen LogP) is 5.67. The molecule has 112 valence electrons. The summed E-state index contributed by atoms with van der Waals surface area (Å²) in [5.74, 6) is -0.463. The van der Waals surface area contributed by atoms with Gasteiger partial charge in [0.05, 0.1) is 5.56 Å². The molecule has 0 saturated carbocycles. The van der Waals surface area contributed by atoms with Gasteiger partial charge in [0.2, 0.25) is 0 Å². The summed E-state index contributed by atoms with van der Waals surface area (Å²) < 4.78 is 50.9. The molecule has 0 aromatic heterocycles. The van der Waals surface area contributed by atoms with Crippen LogP contribution in [0.3, 0.4) is 0 Å². The predicted molar refractivity (Wildman–Crippen MR) is 74.9 cm³/mol. The van der Waals surface area contributed by atoms with Crippen molar-refractivity contribution in [1.82, 2.24) is 0 Å². The van der Waals surface area contributed by atoms with Crippen LogP contribution in [0, 0.1) is 5.82 Å². The molecule has 0 saturated heterocycles. The number of alkyl halides is 3. The first kappa shape index (κ1) is 15.6. The van der Waals surface area contributed by atoms with Crippen molar-refractivity contribution in [3.63, 3.8) is 0 Å². The Kier molecular flexibility index (Phi) is 4.42. The van der Waals surface area contributed by atoms with Gasteiger partial charge in [-0.15, -0.1) is 0 Å². The summed E-state index contributed by atoms with van der Waals surface area (Å²) >= 11 is 5.93. The highest BCUT2D eigenvalue weighted by molar-refractivity contribution is 6.31. The van der Waals surface area contributed by atoms with Gasteiger partial charge in [-0.05, 0) is 42.8 Å². The lowest BCUT2D eigenvalue weighted by Gasteiger charge is -2.18. The molecule has 1 atom stereocenters. The van der Waals surface area contributed by atoms with E-state index in [-0.39, 0.29) is 11.1 Å². The van der Waals surface area contributed by atoms with Crippen LogP contribution in [0.4, 0.5) is 23.2 Å². The minimum absolute atomic E-state index is 0.224. The number of nitrogens with one attached hydrogen (secondary N) is 1. The molecule has 0 fully saturated rings. The Hall–Kier alpha value is -1.75. The first-order valence-electron chi connectivity index (χ1n) is 6.16. The third-order valence-electron chi connectivity index (χ3n) is 3.00. The van der Waals surface area contributed by atoms with Crippen molar-refractivity contribution in [3.05, 3.63) is 64.4 Å². The highest BCUT2D eigenvalue weighted by Crippen LogP contribution is 2.32. The van der Waals surface area contributed by atoms with E-state index in [2.05, 4.69) is 5.32 Å². The summed E-state index contributed by atoms with van der Waals surface area (Å²) in [6.07, 6.45) is -4.39. The van der Waals surface area contributed by atoms with E-state index in [0.717, 1.165) is 12.1 Å². The lowest BCUT2D eigenvalue weighted by molar-refractivity contribution is -0.137. The molecular formula is C15H12ClF4N. The second kappa shape index (κ2) is 5.93. The molecule has 0 amide bonds. The van der Waals surface area contributed by atoms with Crippen molar-refractivity contribution in [2.75, 3.05) is 5.32 Å². The number of benzene rings is 2. The maximum atomic E-state index is 13.0. The topological polar surface area (TPSA) is 12.0 Å². The first-order valence-corrected chi connectivity index (χ1v) is 6.54. The van der Waals surface area contributed by atoms with E-state index in [4.69, 9.17) is 11.6 Å². The molecule has 21 heavy (non-hydrogen) atoms. The van der Waals surface area contributed by atoms with Crippen LogP contribution in [0.1, 0.15) is 24.1 Å². The molecule has 0 aliphatic heterocycles. The van der Waals surface area contributed by atoms with Crippen molar-refractivity contribution in [3.8, 4) is 0 Å². The SMILES string of the molecule is CC(Nc1cccc(C(F)(F)F)c1)c1ccc(F)cc1Cl. The van der Waals surface area contributed by atoms with E-state index in [1.807, 2.05) is 0 Å². The lowest BCUT2D eigenvalue weighted by Crippen LogP contribution is -2.09. The van der Waals surface area contributed by atoms with Gasteiger partial charge in [0.15, 0.2) is 0 Å². The monoisotopic (exact) mass is 317 g/mol. The zero-order chi connectivity index (χ0) is 15.6. The number of hydrogen-bond acceptors (Lipinski definition) is 1. The van der Waals surface area contributed by atoms with Gasteiger partial charge in [0.1, 0.15) is 5.82 Å². The van der Waals surface area contributed by atoms with Crippen molar-refractivity contribution in [1.29, 1.82) is 0 Å². The van der Waals surface area contributed by atoms with E-state index >= 15 is 0 Å². The fourth-order valence-electron chi connectivity index (χ4n) is 1.97. The Morgan fingerprint density at radius 1 is 1.10 bits per heavy atom. The van der Waals surface area contributed by atoms with Crippen LogP contribution in [0.5, 0.6) is 0 Å². The average molecular weight is 318 g/mol. The number of halogens is 5. The van der Waals surface area contributed by atoms with Gasteiger partial charge in [-0.3, -0.25) is 0 Å². The van der Waals surface area contributed by atoms with Gasteiger partial charge in [-0.2, -0.15) is 13.2 Å². The van der Waals surface area contributed by atoms with Crippen LogP contribution in [0.2, 0.25) is 5.02 Å². The van der Waals surface area contributed by atoms with Gasteiger partial charge < -0.3 is 5.32 Å². The van der Waals surface area contributed by atoms with Crippen LogP contribution >= 0.6 is 11.6 Å². The number of rotatable bonds is 3. The summed E-state index contributed by atoms with van der Waals surface area (Å²) in [6, 6.07) is 8.44. The average Bonchev–Trinajstić information content (AvgIpc) is 2.37. The minimum Gasteiger partial charge on any atom is -0.378 e. The third-order valence-corrected chi connectivity index (χ3v) is 3.33. The number of anilines is 1. The fraction of sp³-hybridized carbons (Fsp3) is 0.200. The Labute approximate surface area is 124 Å². The van der Waals surface area contributed by atoms with Gasteiger partial charge in [0, 0.05) is 16.8 Å². The Morgan fingerprint density at radius 3 is 2.43 bits per heavy atom. The van der Waals surface area contributed by atoms with Crippen molar-refractivity contribution < 1.29 is 17.6 Å². The number of hydrogen-bond donors (Lipinski definition) is 1. The summed E-state index contributed by atoms with van der Waals surface area (Å²) in [6.45, 7) is 1.74. The second-order valence-electron chi connectivity index (χ2n) is 4.61. The first-order chi connectivity index (χ1) is 9.77. The van der Waals surface area contributed by atoms with Gasteiger partial charge in [0.25, 0.3) is 0 Å². The van der Waals surface area contributed by atoms with Crippen molar-refractivity contribution >= 4 is 17.3 Å². The Bertz CT molecular complexity index is 640. The molecule has 0 heterocycles. The zero-order valence-electron chi connectivity index (χ0n) is 11.0. The highest BCUT2D eigenvalue weighted by atomic mass is 35.5. The van der Waals surface area contributed by atoms with E-state index in [9.17, 15) is 17.6 Å². The lowest BCUT2D eigenvalue weighted by atomic mass is 10.1. The third kappa shape index (κ3) is 3.88. The maximum absolute atomic E-state index is 13.0. The van der Waals surface area contributed by atoms with Crippen LogP contribution in [0.15, 0.2) is 42.5 Å². The smallest absolute Gasteiger partial charge is 0.378 e. The van der Waals surface area contributed by atoms with Crippen molar-refractivity contribution in [2.45, 2.75) is 19.1 Å². The van der Waals surface area contributed by atoms with Crippen LogP contribution in [0.25, 0.3) is 0 Å². The molecule has 1 nitrogen and oxygen atoms in total. The molecule has 0 radical (unpaired) electrons. The fourth-order valence-corrected chi connectivity index (χ4v) is 2.30. The molecule has 0 aliphatic rings. The van der Waals surface area contributed by atoms with Crippen LogP contribution in [-0.4, -0.2) is 0 Å². The van der Waals surface area contributed by atoms with Gasteiger partial charge >= 0.3 is 6.18 Å². The van der Waals surface area contributed by atoms with E-state index in [0.29, 0.717) is 11.3 Å². The summed E-state index contributed by atoms with van der Waals surface area (Å²) in [4.78, 5) is 0. The summed E-state index contributed by atoms with van der Waals surface area (Å²) in [7, 11) is 0. The molecule has 6 heteroatoms. The van der Waals surface area contributed by atoms with E-state index < -0.39 is 17.6 Å². The summed E-state index contributed by atoms with van der Waals surface area (Å²) in [5, 5.41) is 3.15. The minimum atomic E-state index is -4.39. The standard InChI is InChI=1S/C15H12ClF4N/c1-9(13-6-5-11(17)8-14(13)16)21-12-4-2-3-10(7-12)15(18,19)20/h2-9,21H,1H3. The second-order valence-corrected chi connectivity index (χ2v) is 5.02. The zero-order valence-corrected chi connectivity index (χ0v) is 11.8.